The minimum absolute atomic E-state index is 0.248. The Bertz CT molecular complexity index is 172. The number of hydrogen-bond donors (Lipinski definition) is 2. The topological polar surface area (TPSA) is 49.5 Å². The molecule has 0 bridgehead atoms. The SMILES string of the molecule is CC(C)CC1N(C)CCC1(O)CN. The Kier molecular flexibility index (Phi) is 3.33. The highest BCUT2D eigenvalue weighted by Crippen LogP contribution is 2.30. The minimum atomic E-state index is -0.640. The first-order valence-corrected chi connectivity index (χ1v) is 5.12. The van der Waals surface area contributed by atoms with Crippen LogP contribution >= 0.6 is 0 Å². The molecule has 1 aliphatic heterocycles. The molecule has 2 atom stereocenters. The largest absolute Gasteiger partial charge is 0.387 e. The van der Waals surface area contributed by atoms with Crippen LogP contribution in [0.2, 0.25) is 0 Å². The van der Waals surface area contributed by atoms with Crippen LogP contribution in [0.4, 0.5) is 0 Å². The molecule has 0 aromatic carbocycles. The molecule has 3 N–H and O–H groups in total. The predicted molar refractivity (Wildman–Crippen MR) is 54.5 cm³/mol. The molecular weight excluding hydrogens is 164 g/mol. The molecule has 0 aliphatic carbocycles. The molecule has 0 spiro atoms. The van der Waals surface area contributed by atoms with E-state index in [0.29, 0.717) is 12.5 Å². The van der Waals surface area contributed by atoms with Crippen molar-refractivity contribution in [2.75, 3.05) is 20.1 Å². The second-order valence-electron chi connectivity index (χ2n) is 4.68. The lowest BCUT2D eigenvalue weighted by atomic mass is 9.88. The summed E-state index contributed by atoms with van der Waals surface area (Å²) in [6.07, 6.45) is 1.85. The number of likely N-dealkylation sites (N-methyl/N-ethyl adjacent to an activating group) is 1. The van der Waals surface area contributed by atoms with Crippen molar-refractivity contribution in [3.05, 3.63) is 0 Å². The van der Waals surface area contributed by atoms with Crippen LogP contribution in [0.1, 0.15) is 26.7 Å². The van der Waals surface area contributed by atoms with Crippen molar-refractivity contribution in [1.82, 2.24) is 4.90 Å². The van der Waals surface area contributed by atoms with Gasteiger partial charge < -0.3 is 15.7 Å². The fourth-order valence-corrected chi connectivity index (χ4v) is 2.19. The molecule has 1 rings (SSSR count). The van der Waals surface area contributed by atoms with Crippen molar-refractivity contribution in [2.45, 2.75) is 38.3 Å². The molecule has 2 unspecified atom stereocenters. The van der Waals surface area contributed by atoms with E-state index in [1.54, 1.807) is 0 Å². The summed E-state index contributed by atoms with van der Waals surface area (Å²) in [5.41, 5.74) is 4.98. The van der Waals surface area contributed by atoms with Gasteiger partial charge >= 0.3 is 0 Å². The van der Waals surface area contributed by atoms with Crippen molar-refractivity contribution in [3.8, 4) is 0 Å². The number of likely N-dealkylation sites (tertiary alicyclic amines) is 1. The van der Waals surface area contributed by atoms with Crippen LogP contribution in [0, 0.1) is 5.92 Å². The van der Waals surface area contributed by atoms with E-state index in [1.807, 2.05) is 0 Å². The number of rotatable bonds is 3. The van der Waals surface area contributed by atoms with E-state index in [-0.39, 0.29) is 6.04 Å². The molecule has 0 aromatic rings. The van der Waals surface area contributed by atoms with Gasteiger partial charge in [0.15, 0.2) is 0 Å². The van der Waals surface area contributed by atoms with Gasteiger partial charge in [0.1, 0.15) is 0 Å². The fourth-order valence-electron chi connectivity index (χ4n) is 2.19. The van der Waals surface area contributed by atoms with E-state index in [9.17, 15) is 5.11 Å². The Morgan fingerprint density at radius 1 is 1.62 bits per heavy atom. The van der Waals surface area contributed by atoms with Gasteiger partial charge in [-0.2, -0.15) is 0 Å². The van der Waals surface area contributed by atoms with E-state index in [4.69, 9.17) is 5.73 Å². The zero-order chi connectivity index (χ0) is 10.1. The molecule has 13 heavy (non-hydrogen) atoms. The van der Waals surface area contributed by atoms with E-state index in [2.05, 4.69) is 25.8 Å². The monoisotopic (exact) mass is 186 g/mol. The quantitative estimate of drug-likeness (QED) is 0.672. The number of hydrogen-bond acceptors (Lipinski definition) is 3. The maximum absolute atomic E-state index is 10.2. The second-order valence-corrected chi connectivity index (χ2v) is 4.68. The summed E-state index contributed by atoms with van der Waals surface area (Å²) in [6.45, 7) is 5.71. The lowest BCUT2D eigenvalue weighted by Gasteiger charge is -2.32. The van der Waals surface area contributed by atoms with E-state index >= 15 is 0 Å². The molecule has 1 heterocycles. The standard InChI is InChI=1S/C10H22N2O/c1-8(2)6-9-10(13,7-11)4-5-12(9)3/h8-9,13H,4-7,11H2,1-3H3. The van der Waals surface area contributed by atoms with Crippen molar-refractivity contribution in [2.24, 2.45) is 11.7 Å². The summed E-state index contributed by atoms with van der Waals surface area (Å²) in [5.74, 6) is 0.614. The Morgan fingerprint density at radius 3 is 2.69 bits per heavy atom. The summed E-state index contributed by atoms with van der Waals surface area (Å²) in [6, 6.07) is 0.248. The number of nitrogens with zero attached hydrogens (tertiary/aromatic N) is 1. The first-order valence-electron chi connectivity index (χ1n) is 5.12. The van der Waals surface area contributed by atoms with Gasteiger partial charge in [0.05, 0.1) is 5.60 Å². The zero-order valence-corrected chi connectivity index (χ0v) is 8.95. The Morgan fingerprint density at radius 2 is 2.23 bits per heavy atom. The highest BCUT2D eigenvalue weighted by molar-refractivity contribution is 4.99. The second kappa shape index (κ2) is 3.95. The number of nitrogens with two attached hydrogens (primary N) is 1. The van der Waals surface area contributed by atoms with Crippen molar-refractivity contribution < 1.29 is 5.11 Å². The van der Waals surface area contributed by atoms with Gasteiger partial charge in [-0.1, -0.05) is 13.8 Å². The van der Waals surface area contributed by atoms with E-state index in [0.717, 1.165) is 19.4 Å². The van der Waals surface area contributed by atoms with Crippen molar-refractivity contribution >= 4 is 0 Å². The van der Waals surface area contributed by atoms with E-state index < -0.39 is 5.60 Å². The molecule has 0 radical (unpaired) electrons. The van der Waals surface area contributed by atoms with Gasteiger partial charge in [-0.05, 0) is 25.8 Å². The van der Waals surface area contributed by atoms with Crippen LogP contribution in [0.5, 0.6) is 0 Å². The molecule has 0 amide bonds. The van der Waals surface area contributed by atoms with Gasteiger partial charge in [-0.15, -0.1) is 0 Å². The minimum Gasteiger partial charge on any atom is -0.387 e. The van der Waals surface area contributed by atoms with Gasteiger partial charge in [-0.3, -0.25) is 0 Å². The van der Waals surface area contributed by atoms with Crippen LogP contribution in [0.25, 0.3) is 0 Å². The van der Waals surface area contributed by atoms with Crippen LogP contribution in [0.15, 0.2) is 0 Å². The smallest absolute Gasteiger partial charge is 0.0935 e. The summed E-state index contributed by atoms with van der Waals surface area (Å²) in [7, 11) is 2.07. The van der Waals surface area contributed by atoms with Crippen molar-refractivity contribution in [3.63, 3.8) is 0 Å². The van der Waals surface area contributed by atoms with Gasteiger partial charge in [-0.25, -0.2) is 0 Å². The predicted octanol–water partition coefficient (Wildman–Crippen LogP) is 0.426. The Balaban J connectivity index is 2.65. The summed E-state index contributed by atoms with van der Waals surface area (Å²) in [4.78, 5) is 2.23. The van der Waals surface area contributed by atoms with E-state index in [1.165, 1.54) is 0 Å². The molecular formula is C10H22N2O. The molecule has 1 aliphatic rings. The first-order chi connectivity index (χ1) is 5.99. The highest BCUT2D eigenvalue weighted by atomic mass is 16.3. The van der Waals surface area contributed by atoms with Gasteiger partial charge in [0, 0.05) is 19.1 Å². The summed E-state index contributed by atoms with van der Waals surface area (Å²) in [5, 5.41) is 10.2. The van der Waals surface area contributed by atoms with Crippen LogP contribution in [-0.4, -0.2) is 41.8 Å². The molecule has 0 saturated carbocycles. The average molecular weight is 186 g/mol. The fraction of sp³-hybridized carbons (Fsp3) is 1.00. The number of aliphatic hydroxyl groups is 1. The maximum Gasteiger partial charge on any atom is 0.0935 e. The zero-order valence-electron chi connectivity index (χ0n) is 8.95. The third-order valence-electron chi connectivity index (χ3n) is 3.10. The Hall–Kier alpha value is -0.120. The average Bonchev–Trinajstić information content (AvgIpc) is 2.33. The van der Waals surface area contributed by atoms with Crippen LogP contribution in [-0.2, 0) is 0 Å². The molecule has 3 heteroatoms. The molecule has 78 valence electrons. The van der Waals surface area contributed by atoms with Gasteiger partial charge in [0.2, 0.25) is 0 Å². The van der Waals surface area contributed by atoms with Crippen LogP contribution < -0.4 is 5.73 Å². The van der Waals surface area contributed by atoms with Gasteiger partial charge in [0.25, 0.3) is 0 Å². The third-order valence-corrected chi connectivity index (χ3v) is 3.10. The lowest BCUT2D eigenvalue weighted by Crippen LogP contribution is -2.49. The molecule has 3 nitrogen and oxygen atoms in total. The maximum atomic E-state index is 10.2. The summed E-state index contributed by atoms with van der Waals surface area (Å²) < 4.78 is 0. The molecule has 1 saturated heterocycles. The van der Waals surface area contributed by atoms with Crippen molar-refractivity contribution in [1.29, 1.82) is 0 Å². The normalized spacial score (nSPS) is 36.0. The Labute approximate surface area is 80.9 Å². The molecule has 1 fully saturated rings. The highest BCUT2D eigenvalue weighted by Gasteiger charge is 2.43. The summed E-state index contributed by atoms with van der Waals surface area (Å²) >= 11 is 0. The molecule has 0 aromatic heterocycles. The lowest BCUT2D eigenvalue weighted by molar-refractivity contribution is 0.00840. The van der Waals surface area contributed by atoms with Crippen LogP contribution in [0.3, 0.4) is 0 Å². The first kappa shape index (κ1) is 11.0. The third kappa shape index (κ3) is 2.22.